The smallest absolute Gasteiger partial charge is 0.417 e. The third-order valence-electron chi connectivity index (χ3n) is 5.59. The predicted octanol–water partition coefficient (Wildman–Crippen LogP) is 4.62. The molecular formula is C21H34IN3O6Si. The lowest BCUT2D eigenvalue weighted by molar-refractivity contribution is 0.0156. The number of amides is 2. The van der Waals surface area contributed by atoms with Crippen molar-refractivity contribution in [3.8, 4) is 0 Å². The molecule has 2 rings (SSSR count). The number of carbonyl (C=O) groups excluding carboxylic acids is 3. The Balaban J connectivity index is 2.50. The number of hydrogen-bond donors (Lipinski definition) is 0. The van der Waals surface area contributed by atoms with Crippen LogP contribution in [0.3, 0.4) is 0 Å². The minimum atomic E-state index is -2.11. The first kappa shape index (κ1) is 26.8. The van der Waals surface area contributed by atoms with Gasteiger partial charge in [-0.05, 0) is 68.4 Å². The van der Waals surface area contributed by atoms with Crippen LogP contribution in [-0.4, -0.2) is 66.3 Å². The Kier molecular flexibility index (Phi) is 7.88. The molecule has 180 valence electrons. The van der Waals surface area contributed by atoms with Crippen LogP contribution in [0.1, 0.15) is 75.4 Å². The van der Waals surface area contributed by atoms with Gasteiger partial charge in [0.15, 0.2) is 8.32 Å². The Hall–Kier alpha value is -1.47. The first-order chi connectivity index (χ1) is 14.5. The molecule has 0 aromatic carbocycles. The van der Waals surface area contributed by atoms with Crippen molar-refractivity contribution in [2.75, 3.05) is 19.8 Å². The van der Waals surface area contributed by atoms with E-state index in [-0.39, 0.29) is 36.1 Å². The molecule has 0 saturated heterocycles. The van der Waals surface area contributed by atoms with Crippen molar-refractivity contribution in [3.05, 3.63) is 15.0 Å². The number of fused-ring (bicyclic) bond motifs is 1. The number of ether oxygens (including phenoxy) is 2. The monoisotopic (exact) mass is 579 g/mol. The van der Waals surface area contributed by atoms with Gasteiger partial charge in [0.05, 0.1) is 25.8 Å². The highest BCUT2D eigenvalue weighted by atomic mass is 127. The summed E-state index contributed by atoms with van der Waals surface area (Å²) in [5.74, 6) is -1.29. The average molecular weight is 580 g/mol. The van der Waals surface area contributed by atoms with Crippen molar-refractivity contribution in [2.24, 2.45) is 0 Å². The van der Waals surface area contributed by atoms with Gasteiger partial charge in [-0.3, -0.25) is 9.48 Å². The molecule has 9 nitrogen and oxygen atoms in total. The molecule has 0 saturated carbocycles. The fourth-order valence-electron chi connectivity index (χ4n) is 2.88. The van der Waals surface area contributed by atoms with Crippen LogP contribution in [0, 0.1) is 3.70 Å². The van der Waals surface area contributed by atoms with Crippen LogP contribution in [-0.2, 0) is 13.9 Å². The summed E-state index contributed by atoms with van der Waals surface area (Å²) in [6.07, 6.45) is -0.767. The molecule has 1 unspecified atom stereocenters. The number of aromatic nitrogens is 2. The highest BCUT2D eigenvalue weighted by molar-refractivity contribution is 14.1. The van der Waals surface area contributed by atoms with Crippen LogP contribution in [0.2, 0.25) is 18.1 Å². The molecule has 2 amide bonds. The van der Waals surface area contributed by atoms with Crippen LogP contribution in [0.5, 0.6) is 0 Å². The molecule has 0 aliphatic carbocycles. The highest BCUT2D eigenvalue weighted by Gasteiger charge is 2.44. The molecule has 1 aromatic rings. The van der Waals surface area contributed by atoms with Crippen LogP contribution < -0.4 is 0 Å². The molecule has 0 fully saturated rings. The van der Waals surface area contributed by atoms with Crippen molar-refractivity contribution in [2.45, 2.75) is 78.2 Å². The van der Waals surface area contributed by atoms with Gasteiger partial charge >= 0.3 is 12.1 Å². The molecule has 32 heavy (non-hydrogen) atoms. The van der Waals surface area contributed by atoms with E-state index in [1.807, 2.05) is 22.6 Å². The second-order valence-corrected chi connectivity index (χ2v) is 16.1. The lowest BCUT2D eigenvalue weighted by Gasteiger charge is -2.39. The largest absolute Gasteiger partial charge is 0.462 e. The van der Waals surface area contributed by atoms with Gasteiger partial charge in [0.2, 0.25) is 0 Å². The minimum absolute atomic E-state index is 0.0141. The number of imide groups is 1. The first-order valence-electron chi connectivity index (χ1n) is 10.6. The SMILES string of the molecule is CCOC(=O)c1c(I)nn2c1C(=O)N(C(=O)OC(C)(C)C)CC2CO[Si](C)(C)C(C)(C)C. The van der Waals surface area contributed by atoms with Gasteiger partial charge in [-0.25, -0.2) is 14.5 Å². The van der Waals surface area contributed by atoms with Crippen LogP contribution in [0.4, 0.5) is 4.79 Å². The summed E-state index contributed by atoms with van der Waals surface area (Å²) in [7, 11) is -2.11. The third kappa shape index (κ3) is 5.71. The Morgan fingerprint density at radius 2 is 1.78 bits per heavy atom. The van der Waals surface area contributed by atoms with Crippen molar-refractivity contribution in [1.29, 1.82) is 0 Å². The number of nitrogens with zero attached hydrogens (tertiary/aromatic N) is 3. The topological polar surface area (TPSA) is 100.0 Å². The van der Waals surface area contributed by atoms with E-state index in [9.17, 15) is 14.4 Å². The van der Waals surface area contributed by atoms with Gasteiger partial charge in [0, 0.05) is 0 Å². The van der Waals surface area contributed by atoms with E-state index >= 15 is 0 Å². The Morgan fingerprint density at radius 3 is 2.28 bits per heavy atom. The average Bonchev–Trinajstić information content (AvgIpc) is 2.96. The van der Waals surface area contributed by atoms with Gasteiger partial charge in [-0.15, -0.1) is 0 Å². The van der Waals surface area contributed by atoms with E-state index in [4.69, 9.17) is 13.9 Å². The number of rotatable bonds is 5. The third-order valence-corrected chi connectivity index (χ3v) is 10.8. The highest BCUT2D eigenvalue weighted by Crippen LogP contribution is 2.38. The minimum Gasteiger partial charge on any atom is -0.462 e. The number of hydrogen-bond acceptors (Lipinski definition) is 7. The van der Waals surface area contributed by atoms with Gasteiger partial charge in [-0.1, -0.05) is 20.8 Å². The molecule has 11 heteroatoms. The van der Waals surface area contributed by atoms with Gasteiger partial charge in [0.25, 0.3) is 5.91 Å². The summed E-state index contributed by atoms with van der Waals surface area (Å²) in [5, 5.41) is 4.44. The summed E-state index contributed by atoms with van der Waals surface area (Å²) < 4.78 is 18.8. The Bertz CT molecular complexity index is 901. The predicted molar refractivity (Wildman–Crippen MR) is 130 cm³/mol. The van der Waals surface area contributed by atoms with Gasteiger partial charge in [0.1, 0.15) is 20.6 Å². The molecular weight excluding hydrogens is 545 g/mol. The normalized spacial score (nSPS) is 17.2. The van der Waals surface area contributed by atoms with Crippen molar-refractivity contribution < 1.29 is 28.3 Å². The van der Waals surface area contributed by atoms with E-state index < -0.39 is 37.9 Å². The van der Waals surface area contributed by atoms with Crippen molar-refractivity contribution >= 4 is 48.9 Å². The number of esters is 1. The maximum absolute atomic E-state index is 13.3. The zero-order valence-electron chi connectivity index (χ0n) is 20.4. The first-order valence-corrected chi connectivity index (χ1v) is 14.6. The molecule has 1 aliphatic rings. The fourth-order valence-corrected chi connectivity index (χ4v) is 4.63. The second kappa shape index (κ2) is 9.41. The zero-order valence-corrected chi connectivity index (χ0v) is 23.5. The summed E-state index contributed by atoms with van der Waals surface area (Å²) in [5.41, 5.74) is -0.697. The summed E-state index contributed by atoms with van der Waals surface area (Å²) >= 11 is 1.91. The second-order valence-electron chi connectivity index (χ2n) is 10.3. The van der Waals surface area contributed by atoms with Crippen LogP contribution >= 0.6 is 22.6 Å². The molecule has 1 aromatic heterocycles. The molecule has 0 spiro atoms. The zero-order chi connectivity index (χ0) is 24.6. The van der Waals surface area contributed by atoms with Gasteiger partial charge < -0.3 is 13.9 Å². The molecule has 1 aliphatic heterocycles. The van der Waals surface area contributed by atoms with E-state index in [2.05, 4.69) is 39.0 Å². The summed E-state index contributed by atoms with van der Waals surface area (Å²) in [6.45, 7) is 18.0. The molecule has 0 N–H and O–H groups in total. The van der Waals surface area contributed by atoms with Crippen LogP contribution in [0.25, 0.3) is 0 Å². The van der Waals surface area contributed by atoms with E-state index in [1.54, 1.807) is 27.7 Å². The quantitative estimate of drug-likeness (QED) is 0.285. The summed E-state index contributed by atoms with van der Waals surface area (Å²) in [6, 6.07) is -0.457. The number of carbonyl (C=O) groups is 3. The lowest BCUT2D eigenvalue weighted by Crippen LogP contribution is -2.51. The standard InChI is InChI=1S/C21H34IN3O6Si/c1-10-29-18(27)14-15-17(26)24(19(28)31-20(2,3)4)11-13(25(15)23-16(14)22)12-30-32(8,9)21(5,6)7/h13H,10-12H2,1-9H3. The Morgan fingerprint density at radius 1 is 1.19 bits per heavy atom. The van der Waals surface area contributed by atoms with E-state index in [1.165, 1.54) is 4.68 Å². The van der Waals surface area contributed by atoms with E-state index in [0.29, 0.717) is 3.70 Å². The van der Waals surface area contributed by atoms with Crippen molar-refractivity contribution in [3.63, 3.8) is 0 Å². The van der Waals surface area contributed by atoms with Gasteiger partial charge in [-0.2, -0.15) is 5.10 Å². The van der Waals surface area contributed by atoms with E-state index in [0.717, 1.165) is 4.90 Å². The molecule has 1 atom stereocenters. The molecule has 2 heterocycles. The Labute approximate surface area is 204 Å². The fraction of sp³-hybridized carbons (Fsp3) is 0.714. The maximum atomic E-state index is 13.3. The van der Waals surface area contributed by atoms with Crippen LogP contribution in [0.15, 0.2) is 0 Å². The lowest BCUT2D eigenvalue weighted by atomic mass is 10.1. The van der Waals surface area contributed by atoms with Crippen molar-refractivity contribution in [1.82, 2.24) is 14.7 Å². The maximum Gasteiger partial charge on any atom is 0.417 e. The molecule has 0 radical (unpaired) electrons. The molecule has 0 bridgehead atoms. The number of halogens is 1. The summed E-state index contributed by atoms with van der Waals surface area (Å²) in [4.78, 5) is 39.8.